The minimum atomic E-state index is -0.296. The number of amides is 1. The number of ether oxygens (including phenoxy) is 2. The molecule has 32 heavy (non-hydrogen) atoms. The van der Waals surface area contributed by atoms with Crippen molar-refractivity contribution in [2.75, 3.05) is 24.6 Å². The summed E-state index contributed by atoms with van der Waals surface area (Å²) in [6.45, 7) is 6.46. The molecule has 168 valence electrons. The van der Waals surface area contributed by atoms with Crippen molar-refractivity contribution in [3.8, 4) is 5.75 Å². The number of aromatic nitrogens is 6. The van der Waals surface area contributed by atoms with Crippen LogP contribution in [0, 0.1) is 0 Å². The number of hydrogen-bond acceptors (Lipinski definition) is 10. The molecule has 1 fully saturated rings. The van der Waals surface area contributed by atoms with Crippen LogP contribution in [0.5, 0.6) is 5.75 Å². The quantitative estimate of drug-likeness (QED) is 0.607. The van der Waals surface area contributed by atoms with E-state index in [1.54, 1.807) is 34.3 Å². The summed E-state index contributed by atoms with van der Waals surface area (Å²) in [7, 11) is 0. The number of pyridine rings is 1. The highest BCUT2D eigenvalue weighted by Gasteiger charge is 2.37. The number of rotatable bonds is 2. The molecular weight excluding hydrogens is 432 g/mol. The first-order valence-corrected chi connectivity index (χ1v) is 11.4. The number of nitrogens with zero attached hydrogens (tertiary/aromatic N) is 7. The predicted octanol–water partition coefficient (Wildman–Crippen LogP) is 1.24. The summed E-state index contributed by atoms with van der Waals surface area (Å²) < 4.78 is 13.7. The lowest BCUT2D eigenvalue weighted by Gasteiger charge is -2.20. The molecule has 2 atom stereocenters. The van der Waals surface area contributed by atoms with E-state index < -0.39 is 0 Å². The van der Waals surface area contributed by atoms with Gasteiger partial charge in [-0.15, -0.1) is 15.3 Å². The van der Waals surface area contributed by atoms with Crippen LogP contribution in [0.2, 0.25) is 0 Å². The molecule has 0 aromatic carbocycles. The first kappa shape index (κ1) is 20.8. The molecule has 3 aromatic rings. The van der Waals surface area contributed by atoms with Crippen LogP contribution in [0.3, 0.4) is 0 Å². The Labute approximate surface area is 188 Å². The minimum absolute atomic E-state index is 0.249. The van der Waals surface area contributed by atoms with Gasteiger partial charge in [-0.25, -0.2) is 9.67 Å². The zero-order chi connectivity index (χ0) is 22.1. The normalized spacial score (nSPS) is 21.5. The van der Waals surface area contributed by atoms with Gasteiger partial charge >= 0.3 is 0 Å². The molecule has 1 saturated heterocycles. The Hall–Kier alpha value is -3.12. The van der Waals surface area contributed by atoms with Gasteiger partial charge < -0.3 is 19.7 Å². The van der Waals surface area contributed by atoms with Crippen LogP contribution in [0.25, 0.3) is 0 Å². The van der Waals surface area contributed by atoms with Gasteiger partial charge in [0.05, 0.1) is 31.5 Å². The summed E-state index contributed by atoms with van der Waals surface area (Å²) in [6, 6.07) is 3.22. The van der Waals surface area contributed by atoms with Gasteiger partial charge in [0.2, 0.25) is 5.13 Å². The van der Waals surface area contributed by atoms with Crippen LogP contribution >= 0.6 is 11.3 Å². The van der Waals surface area contributed by atoms with E-state index in [9.17, 15) is 4.79 Å². The second-order valence-corrected chi connectivity index (χ2v) is 9.07. The summed E-state index contributed by atoms with van der Waals surface area (Å²) in [5.41, 5.74) is 0.977. The van der Waals surface area contributed by atoms with Crippen LogP contribution in [0.4, 0.5) is 5.13 Å². The molecule has 0 unspecified atom stereocenters. The van der Waals surface area contributed by atoms with E-state index in [2.05, 4.69) is 49.6 Å². The molecule has 2 bridgehead atoms. The topological polar surface area (TPSA) is 120 Å². The van der Waals surface area contributed by atoms with Gasteiger partial charge in [-0.05, 0) is 12.1 Å². The second-order valence-electron chi connectivity index (χ2n) is 8.08. The highest BCUT2D eigenvalue weighted by Crippen LogP contribution is 2.29. The van der Waals surface area contributed by atoms with Crippen molar-refractivity contribution in [2.24, 2.45) is 0 Å². The lowest BCUT2D eigenvalue weighted by molar-refractivity contribution is 0.0346. The lowest BCUT2D eigenvalue weighted by atomic mass is 10.2. The van der Waals surface area contributed by atoms with Gasteiger partial charge in [0.15, 0.2) is 11.4 Å². The summed E-state index contributed by atoms with van der Waals surface area (Å²) in [5, 5.41) is 21.8. The lowest BCUT2D eigenvalue weighted by Crippen LogP contribution is -2.44. The van der Waals surface area contributed by atoms with Crippen LogP contribution in [-0.2, 0) is 17.9 Å². The third-order valence-corrected chi connectivity index (χ3v) is 6.66. The Morgan fingerprint density at radius 1 is 1.25 bits per heavy atom. The molecule has 0 aliphatic carbocycles. The number of anilines is 1. The molecule has 0 saturated carbocycles. The largest absolute Gasteiger partial charge is 0.489 e. The van der Waals surface area contributed by atoms with Gasteiger partial charge in [0, 0.05) is 25.2 Å². The molecular formula is C20H24N8O3S. The Balaban J connectivity index is 1.42. The molecule has 1 amide bonds. The monoisotopic (exact) mass is 456 g/mol. The number of hydrogen-bond donors (Lipinski definition) is 1. The maximum Gasteiger partial charge on any atom is 0.274 e. The van der Waals surface area contributed by atoms with Crippen molar-refractivity contribution in [1.29, 1.82) is 0 Å². The van der Waals surface area contributed by atoms with Gasteiger partial charge in [0.1, 0.15) is 17.3 Å². The molecule has 0 radical (unpaired) electrons. The fraction of sp³-hybridized carbons (Fsp3) is 0.500. The second kappa shape index (κ2) is 8.79. The summed E-state index contributed by atoms with van der Waals surface area (Å²) in [4.78, 5) is 19.4. The zero-order valence-corrected chi connectivity index (χ0v) is 18.7. The number of nitrogens with one attached hydrogen (secondary N) is 1. The van der Waals surface area contributed by atoms with E-state index in [0.717, 1.165) is 15.8 Å². The minimum Gasteiger partial charge on any atom is -0.489 e. The van der Waals surface area contributed by atoms with Crippen molar-refractivity contribution in [3.05, 3.63) is 40.9 Å². The summed E-state index contributed by atoms with van der Waals surface area (Å²) in [6.07, 6.45) is 3.17. The fourth-order valence-corrected chi connectivity index (χ4v) is 4.56. The maximum atomic E-state index is 13.1. The Morgan fingerprint density at radius 3 is 3.00 bits per heavy atom. The third kappa shape index (κ3) is 4.28. The SMILES string of the molecule is CC(C)c1nnc(N2C[C@@H]3NC(=O)c4ncccc4OCCn4cc(nn4)CO[C@H]3C2)s1. The van der Waals surface area contributed by atoms with Crippen molar-refractivity contribution in [3.63, 3.8) is 0 Å². The summed E-state index contributed by atoms with van der Waals surface area (Å²) >= 11 is 1.57. The number of carbonyl (C=O) groups is 1. The van der Waals surface area contributed by atoms with E-state index in [4.69, 9.17) is 9.47 Å². The molecule has 2 aliphatic rings. The van der Waals surface area contributed by atoms with E-state index >= 15 is 0 Å². The highest BCUT2D eigenvalue weighted by atomic mass is 32.1. The molecule has 2 aliphatic heterocycles. The van der Waals surface area contributed by atoms with Crippen LogP contribution in [-0.4, -0.2) is 67.9 Å². The molecule has 0 spiro atoms. The molecule has 5 rings (SSSR count). The Kier molecular flexibility index (Phi) is 5.70. The maximum absolute atomic E-state index is 13.1. The van der Waals surface area contributed by atoms with Crippen molar-refractivity contribution in [2.45, 2.75) is 45.1 Å². The summed E-state index contributed by atoms with van der Waals surface area (Å²) in [5.74, 6) is 0.446. The number of fused-ring (bicyclic) bond motifs is 4. The van der Waals surface area contributed by atoms with Crippen molar-refractivity contribution in [1.82, 2.24) is 35.5 Å². The van der Waals surface area contributed by atoms with Crippen LogP contribution < -0.4 is 15.0 Å². The fourth-order valence-electron chi connectivity index (χ4n) is 3.69. The van der Waals surface area contributed by atoms with Gasteiger partial charge in [-0.3, -0.25) is 4.79 Å². The average Bonchev–Trinajstić information content (AvgIpc) is 3.52. The van der Waals surface area contributed by atoms with Crippen LogP contribution in [0.1, 0.15) is 41.0 Å². The third-order valence-electron chi connectivity index (χ3n) is 5.37. The van der Waals surface area contributed by atoms with Gasteiger partial charge in [-0.2, -0.15) is 0 Å². The number of carbonyl (C=O) groups excluding carboxylic acids is 1. The first-order chi connectivity index (χ1) is 15.6. The van der Waals surface area contributed by atoms with Gasteiger partial charge in [-0.1, -0.05) is 30.4 Å². The average molecular weight is 457 g/mol. The van der Waals surface area contributed by atoms with E-state index in [-0.39, 0.29) is 23.7 Å². The molecule has 11 nitrogen and oxygen atoms in total. The van der Waals surface area contributed by atoms with Gasteiger partial charge in [0.25, 0.3) is 5.91 Å². The van der Waals surface area contributed by atoms with E-state index in [1.165, 1.54) is 0 Å². The Bertz CT molecular complexity index is 1100. The standard InChI is InChI=1S/C20H24N8O3S/c1-12(2)19-24-25-20(32-19)27-9-14-16(10-27)31-11-13-8-28(26-23-13)6-7-30-15-4-3-5-21-17(15)18(29)22-14/h3-5,8,12,14,16H,6-7,9-11H2,1-2H3,(H,22,29)/t14-,16-/m0/s1. The molecule has 5 heterocycles. The highest BCUT2D eigenvalue weighted by molar-refractivity contribution is 7.15. The zero-order valence-electron chi connectivity index (χ0n) is 17.8. The smallest absolute Gasteiger partial charge is 0.274 e. The first-order valence-electron chi connectivity index (χ1n) is 10.5. The molecule has 1 N–H and O–H groups in total. The van der Waals surface area contributed by atoms with E-state index in [1.807, 2.05) is 6.20 Å². The van der Waals surface area contributed by atoms with Crippen molar-refractivity contribution >= 4 is 22.4 Å². The Morgan fingerprint density at radius 2 is 2.16 bits per heavy atom. The van der Waals surface area contributed by atoms with E-state index in [0.29, 0.717) is 44.5 Å². The molecule has 12 heteroatoms. The van der Waals surface area contributed by atoms with Crippen LogP contribution in [0.15, 0.2) is 24.5 Å². The predicted molar refractivity (Wildman–Crippen MR) is 116 cm³/mol. The molecule has 3 aromatic heterocycles. The van der Waals surface area contributed by atoms with Crippen molar-refractivity contribution < 1.29 is 14.3 Å².